The zero-order chi connectivity index (χ0) is 23.2. The molecule has 1 unspecified atom stereocenters. The van der Waals surface area contributed by atoms with Gasteiger partial charge >= 0.3 is 0 Å². The number of carbonyl (C=O) groups is 1. The molecular weight excluding hydrogens is 418 g/mol. The number of morpholine rings is 1. The Kier molecular flexibility index (Phi) is 7.73. The Bertz CT molecular complexity index is 959. The van der Waals surface area contributed by atoms with Crippen LogP contribution in [-0.4, -0.2) is 63.9 Å². The Balaban J connectivity index is 1.51. The second-order valence-corrected chi connectivity index (χ2v) is 8.50. The van der Waals surface area contributed by atoms with Crippen LogP contribution in [0, 0.1) is 0 Å². The van der Waals surface area contributed by atoms with E-state index in [2.05, 4.69) is 39.4 Å². The number of fused-ring (bicyclic) bond motifs is 1. The molecule has 0 aromatic heterocycles. The van der Waals surface area contributed by atoms with Gasteiger partial charge < -0.3 is 24.4 Å². The van der Waals surface area contributed by atoms with Gasteiger partial charge in [0, 0.05) is 31.3 Å². The molecule has 7 heteroatoms. The summed E-state index contributed by atoms with van der Waals surface area (Å²) < 4.78 is 17.4. The first-order valence-electron chi connectivity index (χ1n) is 11.9. The number of carbonyl (C=O) groups excluding carboxylic acids is 1. The molecule has 1 atom stereocenters. The number of amides is 1. The first-order valence-corrected chi connectivity index (χ1v) is 11.9. The van der Waals surface area contributed by atoms with Gasteiger partial charge in [0.1, 0.15) is 11.5 Å². The van der Waals surface area contributed by atoms with E-state index in [9.17, 15) is 4.79 Å². The molecule has 2 aliphatic rings. The third kappa shape index (κ3) is 5.42. The predicted molar refractivity (Wildman–Crippen MR) is 131 cm³/mol. The van der Waals surface area contributed by atoms with Crippen molar-refractivity contribution in [2.24, 2.45) is 0 Å². The van der Waals surface area contributed by atoms with Crippen LogP contribution in [0.25, 0.3) is 0 Å². The van der Waals surface area contributed by atoms with Crippen LogP contribution in [0.15, 0.2) is 36.4 Å². The number of nitrogens with one attached hydrogen (secondary N) is 1. The molecule has 0 bridgehead atoms. The van der Waals surface area contributed by atoms with E-state index >= 15 is 0 Å². The SMILES string of the molecule is CCOc1cc(N2CCOCC2)c(OCC)cc1NC(=O)CN(C)C1CCc2ccccc21. The van der Waals surface area contributed by atoms with E-state index in [4.69, 9.17) is 14.2 Å². The zero-order valence-corrected chi connectivity index (χ0v) is 19.9. The van der Waals surface area contributed by atoms with Crippen molar-refractivity contribution in [1.82, 2.24) is 4.90 Å². The molecule has 0 spiro atoms. The number of nitrogens with zero attached hydrogens (tertiary/aromatic N) is 2. The first kappa shape index (κ1) is 23.4. The average Bonchev–Trinajstić information content (AvgIpc) is 3.26. The largest absolute Gasteiger partial charge is 0.492 e. The number of anilines is 2. The molecule has 0 radical (unpaired) electrons. The Morgan fingerprint density at radius 2 is 1.85 bits per heavy atom. The van der Waals surface area contributed by atoms with E-state index in [0.717, 1.165) is 37.4 Å². The van der Waals surface area contributed by atoms with Crippen LogP contribution in [0.2, 0.25) is 0 Å². The highest BCUT2D eigenvalue weighted by Crippen LogP contribution is 2.39. The summed E-state index contributed by atoms with van der Waals surface area (Å²) in [6.07, 6.45) is 2.10. The number of benzene rings is 2. The van der Waals surface area contributed by atoms with Crippen molar-refractivity contribution in [3.8, 4) is 11.5 Å². The molecule has 1 N–H and O–H groups in total. The predicted octanol–water partition coefficient (Wildman–Crippen LogP) is 3.88. The summed E-state index contributed by atoms with van der Waals surface area (Å²) in [5.41, 5.74) is 4.33. The Morgan fingerprint density at radius 1 is 1.12 bits per heavy atom. The van der Waals surface area contributed by atoms with E-state index in [0.29, 0.717) is 44.4 Å². The van der Waals surface area contributed by atoms with Gasteiger partial charge in [-0.1, -0.05) is 24.3 Å². The van der Waals surface area contributed by atoms with Crippen molar-refractivity contribution < 1.29 is 19.0 Å². The maximum atomic E-state index is 13.0. The molecule has 0 saturated carbocycles. The summed E-state index contributed by atoms with van der Waals surface area (Å²) in [6.45, 7) is 8.24. The summed E-state index contributed by atoms with van der Waals surface area (Å²) >= 11 is 0. The lowest BCUT2D eigenvalue weighted by Gasteiger charge is -2.31. The molecule has 4 rings (SSSR count). The second-order valence-electron chi connectivity index (χ2n) is 8.50. The van der Waals surface area contributed by atoms with Crippen LogP contribution in [0.1, 0.15) is 37.4 Å². The van der Waals surface area contributed by atoms with Gasteiger partial charge in [-0.3, -0.25) is 9.69 Å². The summed E-state index contributed by atoms with van der Waals surface area (Å²) in [5, 5.41) is 3.07. The molecular formula is C26H35N3O4. The topological polar surface area (TPSA) is 63.3 Å². The summed E-state index contributed by atoms with van der Waals surface area (Å²) in [7, 11) is 2.02. The Morgan fingerprint density at radius 3 is 2.61 bits per heavy atom. The highest BCUT2D eigenvalue weighted by molar-refractivity contribution is 5.94. The minimum atomic E-state index is -0.0654. The van der Waals surface area contributed by atoms with Crippen molar-refractivity contribution in [3.05, 3.63) is 47.5 Å². The average molecular weight is 454 g/mol. The number of likely N-dealkylation sites (N-methyl/N-ethyl adjacent to an activating group) is 1. The number of aryl methyl sites for hydroxylation is 1. The number of hydrogen-bond acceptors (Lipinski definition) is 6. The summed E-state index contributed by atoms with van der Waals surface area (Å²) in [5.74, 6) is 1.34. The number of rotatable bonds is 9. The molecule has 2 aromatic carbocycles. The minimum Gasteiger partial charge on any atom is -0.492 e. The lowest BCUT2D eigenvalue weighted by molar-refractivity contribution is -0.117. The van der Waals surface area contributed by atoms with Crippen LogP contribution in [0.4, 0.5) is 11.4 Å². The fourth-order valence-electron chi connectivity index (χ4n) is 4.76. The molecule has 1 amide bonds. The van der Waals surface area contributed by atoms with E-state index in [-0.39, 0.29) is 11.9 Å². The van der Waals surface area contributed by atoms with Gasteiger partial charge in [0.15, 0.2) is 0 Å². The van der Waals surface area contributed by atoms with Gasteiger partial charge in [0.25, 0.3) is 0 Å². The third-order valence-corrected chi connectivity index (χ3v) is 6.31. The van der Waals surface area contributed by atoms with Gasteiger partial charge in [-0.15, -0.1) is 0 Å². The van der Waals surface area contributed by atoms with Crippen LogP contribution in [-0.2, 0) is 16.0 Å². The Labute approximate surface area is 196 Å². The first-order chi connectivity index (χ1) is 16.1. The quantitative estimate of drug-likeness (QED) is 0.622. The maximum Gasteiger partial charge on any atom is 0.238 e. The van der Waals surface area contributed by atoms with Gasteiger partial charge in [0.2, 0.25) is 5.91 Å². The normalized spacial score (nSPS) is 17.7. The fraction of sp³-hybridized carbons (Fsp3) is 0.500. The Hall–Kier alpha value is -2.77. The van der Waals surface area contributed by atoms with Gasteiger partial charge in [-0.05, 0) is 44.9 Å². The summed E-state index contributed by atoms with van der Waals surface area (Å²) in [6, 6.07) is 12.6. The molecule has 33 heavy (non-hydrogen) atoms. The fourth-order valence-corrected chi connectivity index (χ4v) is 4.76. The van der Waals surface area contributed by atoms with Gasteiger partial charge in [-0.2, -0.15) is 0 Å². The van der Waals surface area contributed by atoms with Crippen molar-refractivity contribution in [2.75, 3.05) is 63.3 Å². The van der Waals surface area contributed by atoms with Crippen LogP contribution in [0.5, 0.6) is 11.5 Å². The standard InChI is InChI=1S/C26H35N3O4/c1-4-32-24-17-23(29-12-14-31-15-13-29)25(33-5-2)16-21(24)27-26(30)18-28(3)22-11-10-19-8-6-7-9-20(19)22/h6-9,16-17,22H,4-5,10-15,18H2,1-3H3,(H,27,30). The van der Waals surface area contributed by atoms with E-state index < -0.39 is 0 Å². The molecule has 1 saturated heterocycles. The molecule has 178 valence electrons. The van der Waals surface area contributed by atoms with Crippen LogP contribution < -0.4 is 19.7 Å². The lowest BCUT2D eigenvalue weighted by Crippen LogP contribution is -2.36. The van der Waals surface area contributed by atoms with Crippen LogP contribution in [0.3, 0.4) is 0 Å². The third-order valence-electron chi connectivity index (χ3n) is 6.31. The van der Waals surface area contributed by atoms with Crippen molar-refractivity contribution in [2.45, 2.75) is 32.7 Å². The zero-order valence-electron chi connectivity index (χ0n) is 19.9. The number of hydrogen-bond donors (Lipinski definition) is 1. The van der Waals surface area contributed by atoms with Gasteiger partial charge in [0.05, 0.1) is 44.3 Å². The van der Waals surface area contributed by atoms with Crippen molar-refractivity contribution in [1.29, 1.82) is 0 Å². The number of ether oxygens (including phenoxy) is 3. The van der Waals surface area contributed by atoms with Crippen LogP contribution >= 0.6 is 0 Å². The highest BCUT2D eigenvalue weighted by atomic mass is 16.5. The molecule has 1 heterocycles. The lowest BCUT2D eigenvalue weighted by atomic mass is 10.1. The van der Waals surface area contributed by atoms with Gasteiger partial charge in [-0.25, -0.2) is 0 Å². The van der Waals surface area contributed by atoms with E-state index in [1.165, 1.54) is 11.1 Å². The maximum absolute atomic E-state index is 13.0. The van der Waals surface area contributed by atoms with Crippen molar-refractivity contribution in [3.63, 3.8) is 0 Å². The molecule has 2 aromatic rings. The monoisotopic (exact) mass is 453 g/mol. The summed E-state index contributed by atoms with van der Waals surface area (Å²) in [4.78, 5) is 17.4. The molecule has 7 nitrogen and oxygen atoms in total. The van der Waals surface area contributed by atoms with E-state index in [1.54, 1.807) is 0 Å². The highest BCUT2D eigenvalue weighted by Gasteiger charge is 2.27. The molecule has 1 fully saturated rings. The van der Waals surface area contributed by atoms with Crippen molar-refractivity contribution >= 4 is 17.3 Å². The van der Waals surface area contributed by atoms with E-state index in [1.807, 2.05) is 33.0 Å². The molecule has 1 aliphatic heterocycles. The second kappa shape index (κ2) is 10.9. The molecule has 1 aliphatic carbocycles. The minimum absolute atomic E-state index is 0.0654. The smallest absolute Gasteiger partial charge is 0.238 e.